The molecule has 0 saturated heterocycles. The molecule has 0 aliphatic rings. The van der Waals surface area contributed by atoms with Crippen molar-refractivity contribution in [3.05, 3.63) is 48.0 Å². The maximum Gasteiger partial charge on any atom is -0.00772 e. The first kappa shape index (κ1) is 13.0. The largest absolute Gasteiger partial charge is 0.330 e. The molecule has 0 saturated carbocycles. The van der Waals surface area contributed by atoms with E-state index in [0.29, 0.717) is 0 Å². The van der Waals surface area contributed by atoms with Gasteiger partial charge in [0.15, 0.2) is 0 Å². The molecular formula is C14H18ClN. The van der Waals surface area contributed by atoms with E-state index in [0.717, 1.165) is 19.4 Å². The van der Waals surface area contributed by atoms with Gasteiger partial charge in [-0.3, -0.25) is 0 Å². The van der Waals surface area contributed by atoms with Crippen molar-refractivity contribution < 1.29 is 0 Å². The van der Waals surface area contributed by atoms with Crippen LogP contribution in [0.15, 0.2) is 42.5 Å². The fraction of sp³-hybridized carbons (Fsp3) is 0.286. The van der Waals surface area contributed by atoms with Gasteiger partial charge in [-0.15, -0.1) is 12.4 Å². The Kier molecular flexibility index (Phi) is 5.30. The number of rotatable bonds is 4. The van der Waals surface area contributed by atoms with Crippen LogP contribution >= 0.6 is 12.4 Å². The third-order valence-electron chi connectivity index (χ3n) is 2.78. The topological polar surface area (TPSA) is 26.0 Å². The van der Waals surface area contributed by atoms with E-state index < -0.39 is 0 Å². The Labute approximate surface area is 103 Å². The van der Waals surface area contributed by atoms with Crippen LogP contribution in [0, 0.1) is 0 Å². The molecular weight excluding hydrogens is 218 g/mol. The molecule has 0 bridgehead atoms. The zero-order chi connectivity index (χ0) is 10.5. The first-order valence-corrected chi connectivity index (χ1v) is 5.58. The van der Waals surface area contributed by atoms with Gasteiger partial charge in [-0.2, -0.15) is 0 Å². The van der Waals surface area contributed by atoms with Gasteiger partial charge in [0.1, 0.15) is 0 Å². The maximum absolute atomic E-state index is 5.51. The van der Waals surface area contributed by atoms with E-state index in [2.05, 4.69) is 42.5 Å². The minimum Gasteiger partial charge on any atom is -0.330 e. The van der Waals surface area contributed by atoms with Gasteiger partial charge in [0.25, 0.3) is 0 Å². The summed E-state index contributed by atoms with van der Waals surface area (Å²) in [6.07, 6.45) is 3.44. The molecule has 0 fully saturated rings. The first-order chi connectivity index (χ1) is 7.42. The number of benzene rings is 2. The van der Waals surface area contributed by atoms with E-state index in [9.17, 15) is 0 Å². The molecule has 2 heteroatoms. The van der Waals surface area contributed by atoms with Crippen LogP contribution in [-0.4, -0.2) is 6.54 Å². The molecule has 0 spiro atoms. The summed E-state index contributed by atoms with van der Waals surface area (Å²) in [5, 5.41) is 2.72. The Morgan fingerprint density at radius 1 is 0.875 bits per heavy atom. The van der Waals surface area contributed by atoms with Gasteiger partial charge in [-0.1, -0.05) is 42.5 Å². The van der Waals surface area contributed by atoms with Crippen molar-refractivity contribution in [2.45, 2.75) is 19.3 Å². The van der Waals surface area contributed by atoms with E-state index >= 15 is 0 Å². The Morgan fingerprint density at radius 3 is 2.44 bits per heavy atom. The highest BCUT2D eigenvalue weighted by atomic mass is 35.5. The summed E-state index contributed by atoms with van der Waals surface area (Å²) in [5.41, 5.74) is 6.95. The molecule has 0 aromatic heterocycles. The third kappa shape index (κ3) is 2.97. The van der Waals surface area contributed by atoms with E-state index in [1.807, 2.05) is 0 Å². The average molecular weight is 236 g/mol. The Bertz CT molecular complexity index is 434. The number of unbranched alkanes of at least 4 members (excludes halogenated alkanes) is 1. The van der Waals surface area contributed by atoms with Crippen molar-refractivity contribution in [2.24, 2.45) is 5.73 Å². The van der Waals surface area contributed by atoms with E-state index in [1.165, 1.54) is 22.8 Å². The minimum absolute atomic E-state index is 0. The van der Waals surface area contributed by atoms with Gasteiger partial charge in [-0.25, -0.2) is 0 Å². The average Bonchev–Trinajstić information content (AvgIpc) is 2.30. The summed E-state index contributed by atoms with van der Waals surface area (Å²) in [6.45, 7) is 0.796. The second-order valence-electron chi connectivity index (χ2n) is 3.88. The second-order valence-corrected chi connectivity index (χ2v) is 3.88. The quantitative estimate of drug-likeness (QED) is 0.806. The fourth-order valence-electron chi connectivity index (χ4n) is 1.97. The molecule has 86 valence electrons. The monoisotopic (exact) mass is 235 g/mol. The maximum atomic E-state index is 5.51. The van der Waals surface area contributed by atoms with E-state index in [-0.39, 0.29) is 12.4 Å². The lowest BCUT2D eigenvalue weighted by Gasteiger charge is -2.05. The first-order valence-electron chi connectivity index (χ1n) is 5.58. The second kappa shape index (κ2) is 6.51. The smallest absolute Gasteiger partial charge is 0.00772 e. The number of nitrogens with two attached hydrogens (primary N) is 1. The molecule has 2 aromatic rings. The molecule has 2 N–H and O–H groups in total. The summed E-state index contributed by atoms with van der Waals surface area (Å²) in [4.78, 5) is 0. The number of halogens is 1. The number of fused-ring (bicyclic) bond motifs is 1. The van der Waals surface area contributed by atoms with Gasteiger partial charge < -0.3 is 5.73 Å². The molecule has 0 amide bonds. The minimum atomic E-state index is 0. The molecule has 0 radical (unpaired) electrons. The van der Waals surface area contributed by atoms with Crippen LogP contribution in [0.3, 0.4) is 0 Å². The van der Waals surface area contributed by atoms with Crippen LogP contribution in [0.25, 0.3) is 10.8 Å². The van der Waals surface area contributed by atoms with Gasteiger partial charge in [0, 0.05) is 0 Å². The zero-order valence-corrected chi connectivity index (χ0v) is 10.2. The number of aryl methyl sites for hydroxylation is 1. The number of hydrogen-bond acceptors (Lipinski definition) is 1. The van der Waals surface area contributed by atoms with Crippen LogP contribution in [-0.2, 0) is 6.42 Å². The lowest BCUT2D eigenvalue weighted by atomic mass is 10.0. The van der Waals surface area contributed by atoms with Crippen molar-refractivity contribution in [3.63, 3.8) is 0 Å². The molecule has 0 unspecified atom stereocenters. The van der Waals surface area contributed by atoms with Crippen molar-refractivity contribution in [1.29, 1.82) is 0 Å². The SMILES string of the molecule is Cl.NCCCCc1cccc2ccccc12. The molecule has 0 heterocycles. The Balaban J connectivity index is 0.00000128. The summed E-state index contributed by atoms with van der Waals surface area (Å²) in [6, 6.07) is 15.1. The van der Waals surface area contributed by atoms with Crippen LogP contribution in [0.5, 0.6) is 0 Å². The fourth-order valence-corrected chi connectivity index (χ4v) is 1.97. The molecule has 16 heavy (non-hydrogen) atoms. The highest BCUT2D eigenvalue weighted by molar-refractivity contribution is 5.85. The van der Waals surface area contributed by atoms with Gasteiger partial charge in [0.05, 0.1) is 0 Å². The van der Waals surface area contributed by atoms with E-state index in [4.69, 9.17) is 5.73 Å². The van der Waals surface area contributed by atoms with Crippen LogP contribution < -0.4 is 5.73 Å². The highest BCUT2D eigenvalue weighted by Crippen LogP contribution is 2.19. The summed E-state index contributed by atoms with van der Waals surface area (Å²) in [5.74, 6) is 0. The molecule has 0 atom stereocenters. The van der Waals surface area contributed by atoms with Gasteiger partial charge >= 0.3 is 0 Å². The van der Waals surface area contributed by atoms with Crippen LogP contribution in [0.2, 0.25) is 0 Å². The zero-order valence-electron chi connectivity index (χ0n) is 9.36. The third-order valence-corrected chi connectivity index (χ3v) is 2.78. The van der Waals surface area contributed by atoms with E-state index in [1.54, 1.807) is 0 Å². The summed E-state index contributed by atoms with van der Waals surface area (Å²) >= 11 is 0. The van der Waals surface area contributed by atoms with Crippen molar-refractivity contribution in [2.75, 3.05) is 6.54 Å². The lowest BCUT2D eigenvalue weighted by molar-refractivity contribution is 0.747. The van der Waals surface area contributed by atoms with Crippen molar-refractivity contribution >= 4 is 23.2 Å². The normalized spacial score (nSPS) is 10.1. The summed E-state index contributed by atoms with van der Waals surface area (Å²) < 4.78 is 0. The van der Waals surface area contributed by atoms with Gasteiger partial charge in [-0.05, 0) is 42.1 Å². The molecule has 2 rings (SSSR count). The van der Waals surface area contributed by atoms with Crippen LogP contribution in [0.1, 0.15) is 18.4 Å². The number of hydrogen-bond donors (Lipinski definition) is 1. The lowest BCUT2D eigenvalue weighted by Crippen LogP contribution is -1.99. The molecule has 0 aliphatic heterocycles. The molecule has 0 aliphatic carbocycles. The molecule has 2 aromatic carbocycles. The predicted molar refractivity (Wildman–Crippen MR) is 73.2 cm³/mol. The summed E-state index contributed by atoms with van der Waals surface area (Å²) in [7, 11) is 0. The van der Waals surface area contributed by atoms with Crippen molar-refractivity contribution in [3.8, 4) is 0 Å². The molecule has 1 nitrogen and oxygen atoms in total. The standard InChI is InChI=1S/C14H17N.ClH/c15-11-4-3-7-13-9-5-8-12-6-1-2-10-14(12)13;/h1-2,5-6,8-10H,3-4,7,11,15H2;1H. The Morgan fingerprint density at radius 2 is 1.62 bits per heavy atom. The van der Waals surface area contributed by atoms with Crippen LogP contribution in [0.4, 0.5) is 0 Å². The van der Waals surface area contributed by atoms with Gasteiger partial charge in [0.2, 0.25) is 0 Å². The van der Waals surface area contributed by atoms with Crippen molar-refractivity contribution in [1.82, 2.24) is 0 Å². The highest BCUT2D eigenvalue weighted by Gasteiger charge is 1.99. The predicted octanol–water partition coefficient (Wildman–Crippen LogP) is 3.54. The Hall–Kier alpha value is -1.05.